The molecule has 0 aliphatic heterocycles. The minimum Gasteiger partial charge on any atom is -0.492 e. The van der Waals surface area contributed by atoms with Gasteiger partial charge in [-0.3, -0.25) is 0 Å². The van der Waals surface area contributed by atoms with Crippen molar-refractivity contribution in [2.24, 2.45) is 0 Å². The summed E-state index contributed by atoms with van der Waals surface area (Å²) in [5, 5.41) is 9.22. The number of hydrogen-bond acceptors (Lipinski definition) is 3. The maximum absolute atomic E-state index is 11.0. The van der Waals surface area contributed by atoms with Crippen molar-refractivity contribution in [2.75, 3.05) is 0 Å². The topological polar surface area (TPSA) is 71.2 Å². The second kappa shape index (κ2) is 3.45. The molecule has 0 saturated carbocycles. The maximum Gasteiger partial charge on any atom is 0.421 e. The van der Waals surface area contributed by atoms with Gasteiger partial charge in [-0.05, 0) is 12.1 Å². The molecule has 5 heteroatoms. The van der Waals surface area contributed by atoms with Crippen LogP contribution in [0.3, 0.4) is 0 Å². The molecule has 2 N–H and O–H groups in total. The summed E-state index contributed by atoms with van der Waals surface area (Å²) >= 11 is 0. The summed E-state index contributed by atoms with van der Waals surface area (Å²) in [5.74, 6) is -0.671. The van der Waals surface area contributed by atoms with E-state index in [9.17, 15) is 9.90 Å². The van der Waals surface area contributed by atoms with Crippen LogP contribution in [0.2, 0.25) is 0 Å². The lowest BCUT2D eigenvalue weighted by Crippen LogP contribution is -2.15. The molecule has 14 heavy (non-hydrogen) atoms. The largest absolute Gasteiger partial charge is 0.492 e. The molecule has 0 aliphatic rings. The van der Waals surface area contributed by atoms with Crippen LogP contribution in [0.4, 0.5) is 0 Å². The molecule has 0 aromatic carbocycles. The van der Waals surface area contributed by atoms with Crippen molar-refractivity contribution < 1.29 is 9.52 Å². The third kappa shape index (κ3) is 1.56. The molecule has 0 aliphatic carbocycles. The average Bonchev–Trinajstić information content (AvgIpc) is 2.76. The van der Waals surface area contributed by atoms with Crippen LogP contribution in [0.25, 0.3) is 0 Å². The van der Waals surface area contributed by atoms with Gasteiger partial charge in [0.1, 0.15) is 0 Å². The van der Waals surface area contributed by atoms with Crippen LogP contribution < -0.4 is 5.76 Å². The summed E-state index contributed by atoms with van der Waals surface area (Å²) in [4.78, 5) is 14.0. The Bertz CT molecular complexity index is 453. The van der Waals surface area contributed by atoms with Gasteiger partial charge >= 0.3 is 5.76 Å². The second-order valence-electron chi connectivity index (χ2n) is 2.96. The second-order valence-corrected chi connectivity index (χ2v) is 2.96. The molecule has 2 heterocycles. The predicted octanol–water partition coefficient (Wildman–Crippen LogP) is 0.718. The van der Waals surface area contributed by atoms with Gasteiger partial charge in [0.25, 0.3) is 0 Å². The van der Waals surface area contributed by atoms with Crippen molar-refractivity contribution in [3.63, 3.8) is 0 Å². The third-order valence-corrected chi connectivity index (χ3v) is 2.03. The number of rotatable bonds is 3. The highest BCUT2D eigenvalue weighted by Crippen LogP contribution is 2.06. The van der Waals surface area contributed by atoms with Crippen LogP contribution in [-0.2, 0) is 13.0 Å². The van der Waals surface area contributed by atoms with Crippen molar-refractivity contribution in [2.45, 2.75) is 13.0 Å². The minimum absolute atomic E-state index is 0.137. The summed E-state index contributed by atoms with van der Waals surface area (Å²) in [7, 11) is 0. The molecule has 0 unspecified atom stereocenters. The van der Waals surface area contributed by atoms with E-state index in [1.165, 1.54) is 4.57 Å². The molecule has 2 rings (SSSR count). The van der Waals surface area contributed by atoms with Gasteiger partial charge in [0.15, 0.2) is 6.26 Å². The lowest BCUT2D eigenvalue weighted by atomic mass is 10.3. The highest BCUT2D eigenvalue weighted by Gasteiger charge is 2.06. The Morgan fingerprint density at radius 3 is 3.00 bits per heavy atom. The SMILES string of the molecule is O=c1occ(O)n1CCc1ccc[nH]1. The van der Waals surface area contributed by atoms with Gasteiger partial charge in [-0.15, -0.1) is 0 Å². The molecule has 0 saturated heterocycles. The van der Waals surface area contributed by atoms with Crippen molar-refractivity contribution in [1.29, 1.82) is 0 Å². The van der Waals surface area contributed by atoms with Crippen molar-refractivity contribution >= 4 is 0 Å². The van der Waals surface area contributed by atoms with Gasteiger partial charge in [-0.1, -0.05) is 0 Å². The maximum atomic E-state index is 11.0. The molecule has 5 nitrogen and oxygen atoms in total. The van der Waals surface area contributed by atoms with Gasteiger partial charge in [0.2, 0.25) is 5.88 Å². The summed E-state index contributed by atoms with van der Waals surface area (Å²) in [6.45, 7) is 0.404. The van der Waals surface area contributed by atoms with Crippen LogP contribution in [0.5, 0.6) is 5.88 Å². The zero-order chi connectivity index (χ0) is 9.97. The molecule has 0 radical (unpaired) electrons. The Morgan fingerprint density at radius 2 is 2.43 bits per heavy atom. The Balaban J connectivity index is 2.09. The van der Waals surface area contributed by atoms with E-state index < -0.39 is 5.76 Å². The highest BCUT2D eigenvalue weighted by atomic mass is 16.4. The average molecular weight is 194 g/mol. The van der Waals surface area contributed by atoms with E-state index >= 15 is 0 Å². The first-order chi connectivity index (χ1) is 6.77. The molecule has 0 bridgehead atoms. The lowest BCUT2D eigenvalue weighted by Gasteiger charge is -1.99. The number of oxazole rings is 1. The van der Waals surface area contributed by atoms with Gasteiger partial charge < -0.3 is 14.5 Å². The fourth-order valence-electron chi connectivity index (χ4n) is 1.29. The summed E-state index contributed by atoms with van der Waals surface area (Å²) in [6.07, 6.45) is 3.50. The van der Waals surface area contributed by atoms with Crippen molar-refractivity contribution in [3.8, 4) is 5.88 Å². The normalized spacial score (nSPS) is 10.6. The Labute approximate surface area is 79.6 Å². The Kier molecular flexibility index (Phi) is 2.14. The van der Waals surface area contributed by atoms with Crippen LogP contribution >= 0.6 is 0 Å². The van der Waals surface area contributed by atoms with E-state index in [0.717, 1.165) is 12.0 Å². The van der Waals surface area contributed by atoms with Crippen LogP contribution in [-0.4, -0.2) is 14.7 Å². The van der Waals surface area contributed by atoms with E-state index in [2.05, 4.69) is 9.40 Å². The number of nitrogens with one attached hydrogen (secondary N) is 1. The zero-order valence-corrected chi connectivity index (χ0v) is 7.43. The number of aromatic nitrogens is 2. The fourth-order valence-corrected chi connectivity index (χ4v) is 1.29. The van der Waals surface area contributed by atoms with E-state index in [0.29, 0.717) is 13.0 Å². The van der Waals surface area contributed by atoms with Gasteiger partial charge in [0, 0.05) is 24.9 Å². The van der Waals surface area contributed by atoms with Crippen LogP contribution in [0.15, 0.2) is 33.8 Å². The minimum atomic E-state index is -0.533. The third-order valence-electron chi connectivity index (χ3n) is 2.03. The molecular weight excluding hydrogens is 184 g/mol. The number of hydrogen-bond donors (Lipinski definition) is 2. The molecule has 2 aromatic heterocycles. The summed E-state index contributed by atoms with van der Waals surface area (Å²) in [5.41, 5.74) is 1.01. The molecule has 2 aromatic rings. The number of H-pyrrole nitrogens is 1. The molecule has 74 valence electrons. The number of aromatic hydroxyl groups is 1. The smallest absolute Gasteiger partial charge is 0.421 e. The van der Waals surface area contributed by atoms with Gasteiger partial charge in [0.05, 0.1) is 0 Å². The highest BCUT2D eigenvalue weighted by molar-refractivity contribution is 5.05. The Hall–Kier alpha value is -1.91. The van der Waals surface area contributed by atoms with Crippen LogP contribution in [0, 0.1) is 0 Å². The number of aromatic amines is 1. The van der Waals surface area contributed by atoms with E-state index in [1.54, 1.807) is 0 Å². The monoisotopic (exact) mass is 194 g/mol. The molecule has 0 fully saturated rings. The van der Waals surface area contributed by atoms with Crippen molar-refractivity contribution in [1.82, 2.24) is 9.55 Å². The first-order valence-corrected chi connectivity index (χ1v) is 4.27. The van der Waals surface area contributed by atoms with E-state index in [4.69, 9.17) is 0 Å². The Morgan fingerprint density at radius 1 is 1.57 bits per heavy atom. The molecule has 0 atom stereocenters. The first kappa shape index (κ1) is 8.68. The predicted molar refractivity (Wildman–Crippen MR) is 49.1 cm³/mol. The number of aryl methyl sites for hydroxylation is 1. The molecular formula is C9H10N2O3. The standard InChI is InChI=1S/C9H10N2O3/c12-8-6-14-9(13)11(8)5-3-7-2-1-4-10-7/h1-2,4,6,10,12H,3,5H2. The first-order valence-electron chi connectivity index (χ1n) is 4.27. The van der Waals surface area contributed by atoms with Gasteiger partial charge in [-0.2, -0.15) is 0 Å². The number of nitrogens with zero attached hydrogens (tertiary/aromatic N) is 1. The lowest BCUT2D eigenvalue weighted by molar-refractivity contribution is 0.412. The quantitative estimate of drug-likeness (QED) is 0.756. The fraction of sp³-hybridized carbons (Fsp3) is 0.222. The van der Waals surface area contributed by atoms with Crippen LogP contribution in [0.1, 0.15) is 5.69 Å². The van der Waals surface area contributed by atoms with Crippen molar-refractivity contribution in [3.05, 3.63) is 40.8 Å². The summed E-state index contributed by atoms with van der Waals surface area (Å²) < 4.78 is 5.69. The van der Waals surface area contributed by atoms with E-state index in [1.807, 2.05) is 18.3 Å². The molecule has 0 spiro atoms. The molecule has 0 amide bonds. The van der Waals surface area contributed by atoms with E-state index in [-0.39, 0.29) is 5.88 Å². The summed E-state index contributed by atoms with van der Waals surface area (Å²) in [6, 6.07) is 3.80. The zero-order valence-electron chi connectivity index (χ0n) is 7.43. The van der Waals surface area contributed by atoms with Gasteiger partial charge in [-0.25, -0.2) is 9.36 Å².